The Morgan fingerprint density at radius 3 is 1.47 bits per heavy atom. The minimum atomic E-state index is 1.11. The van der Waals surface area contributed by atoms with Crippen LogP contribution in [0, 0.1) is 0 Å². The van der Waals surface area contributed by atoms with Gasteiger partial charge in [-0.15, -0.1) is 11.3 Å². The summed E-state index contributed by atoms with van der Waals surface area (Å²) in [6.07, 6.45) is 0. The summed E-state index contributed by atoms with van der Waals surface area (Å²) in [4.78, 5) is 2.44. The van der Waals surface area contributed by atoms with Crippen molar-refractivity contribution in [3.63, 3.8) is 0 Å². The lowest BCUT2D eigenvalue weighted by Gasteiger charge is -2.26. The number of hydrogen-bond donors (Lipinski definition) is 0. The summed E-state index contributed by atoms with van der Waals surface area (Å²) in [5.41, 5.74) is 13.2. The Hall–Kier alpha value is -7.26. The predicted octanol–water partition coefficient (Wildman–Crippen LogP) is 16.5. The van der Waals surface area contributed by atoms with Crippen LogP contribution in [-0.4, -0.2) is 0 Å². The van der Waals surface area contributed by atoms with Gasteiger partial charge in [0.15, 0.2) is 0 Å². The highest BCUT2D eigenvalue weighted by molar-refractivity contribution is 7.27. The molecule has 11 aromatic rings. The van der Waals surface area contributed by atoms with E-state index in [0.29, 0.717) is 0 Å². The lowest BCUT2D eigenvalue weighted by molar-refractivity contribution is 1.30. The van der Waals surface area contributed by atoms with Crippen molar-refractivity contribution in [1.82, 2.24) is 0 Å². The molecule has 58 heavy (non-hydrogen) atoms. The normalized spacial score (nSPS) is 11.4. The van der Waals surface area contributed by atoms with Gasteiger partial charge in [0.1, 0.15) is 0 Å². The van der Waals surface area contributed by atoms with Crippen molar-refractivity contribution in [3.8, 4) is 44.5 Å². The summed E-state index contributed by atoms with van der Waals surface area (Å²) >= 11 is 1.89. The Bertz CT molecular complexity index is 3250. The molecule has 0 aliphatic carbocycles. The Kier molecular flexibility index (Phi) is 8.42. The molecule has 0 aliphatic heterocycles. The van der Waals surface area contributed by atoms with Crippen LogP contribution in [0.5, 0.6) is 0 Å². The fraction of sp³-hybridized carbons (Fsp3) is 0. The van der Waals surface area contributed by atoms with Gasteiger partial charge in [0.2, 0.25) is 0 Å². The third kappa shape index (κ3) is 5.94. The van der Waals surface area contributed by atoms with Gasteiger partial charge in [-0.1, -0.05) is 182 Å². The van der Waals surface area contributed by atoms with E-state index in [4.69, 9.17) is 0 Å². The van der Waals surface area contributed by atoms with Crippen LogP contribution in [0.2, 0.25) is 0 Å². The Balaban J connectivity index is 1.07. The van der Waals surface area contributed by atoms with Crippen LogP contribution in [0.15, 0.2) is 224 Å². The van der Waals surface area contributed by atoms with E-state index in [1.807, 2.05) is 11.3 Å². The summed E-state index contributed by atoms with van der Waals surface area (Å²) in [6.45, 7) is 0. The molecule has 0 spiro atoms. The van der Waals surface area contributed by atoms with Crippen molar-refractivity contribution < 1.29 is 0 Å². The zero-order valence-corrected chi connectivity index (χ0v) is 32.5. The number of thiophene rings is 1. The van der Waals surface area contributed by atoms with E-state index in [1.165, 1.54) is 91.9 Å². The number of hydrogen-bond acceptors (Lipinski definition) is 2. The smallest absolute Gasteiger partial charge is 0.0640 e. The molecule has 1 aromatic heterocycles. The van der Waals surface area contributed by atoms with E-state index in [-0.39, 0.29) is 0 Å². The molecule has 11 rings (SSSR count). The van der Waals surface area contributed by atoms with Gasteiger partial charge < -0.3 is 4.90 Å². The van der Waals surface area contributed by atoms with Crippen molar-refractivity contribution in [2.75, 3.05) is 4.90 Å². The van der Waals surface area contributed by atoms with Gasteiger partial charge in [-0.05, 0) is 109 Å². The molecule has 272 valence electrons. The van der Waals surface area contributed by atoms with Gasteiger partial charge in [-0.25, -0.2) is 0 Å². The lowest BCUT2D eigenvalue weighted by atomic mass is 9.93. The van der Waals surface area contributed by atoms with Crippen LogP contribution < -0.4 is 4.90 Å². The molecule has 2 heteroatoms. The summed E-state index contributed by atoms with van der Waals surface area (Å²) in [5, 5.41) is 7.57. The zero-order chi connectivity index (χ0) is 38.4. The first kappa shape index (κ1) is 34.0. The Labute approximate surface area is 342 Å². The largest absolute Gasteiger partial charge is 0.309 e. The minimum Gasteiger partial charge on any atom is -0.309 e. The standard InChI is InChI=1S/C56H37NS/c1-3-14-40(15-4-1)50-24-12-25-51-52-26-13-27-54(56(52)58-55(50)51)57(46-34-30-42(31-35-46)48-23-11-20-39-18-7-9-21-47(39)48)45-32-28-38(29-33-45)44-36-43-19-8-10-22-49(43)53(37-44)41-16-5-2-6-17-41/h1-37H. The van der Waals surface area contributed by atoms with Crippen LogP contribution in [0.4, 0.5) is 17.1 Å². The molecule has 0 amide bonds. The van der Waals surface area contributed by atoms with Gasteiger partial charge in [0.05, 0.1) is 10.4 Å². The second kappa shape index (κ2) is 14.4. The maximum Gasteiger partial charge on any atom is 0.0640 e. The highest BCUT2D eigenvalue weighted by atomic mass is 32.1. The maximum atomic E-state index is 2.44. The molecular formula is C56H37NS. The molecule has 0 bridgehead atoms. The van der Waals surface area contributed by atoms with Gasteiger partial charge in [-0.3, -0.25) is 0 Å². The molecule has 1 heterocycles. The Morgan fingerprint density at radius 2 is 0.759 bits per heavy atom. The van der Waals surface area contributed by atoms with Gasteiger partial charge in [0.25, 0.3) is 0 Å². The summed E-state index contributed by atoms with van der Waals surface area (Å²) in [5.74, 6) is 0. The molecule has 0 fully saturated rings. The van der Waals surface area contributed by atoms with E-state index in [2.05, 4.69) is 229 Å². The molecule has 10 aromatic carbocycles. The zero-order valence-electron chi connectivity index (χ0n) is 31.7. The number of nitrogens with zero attached hydrogens (tertiary/aromatic N) is 1. The van der Waals surface area contributed by atoms with E-state index >= 15 is 0 Å². The highest BCUT2D eigenvalue weighted by Crippen LogP contribution is 2.47. The number of benzene rings is 10. The third-order valence-corrected chi connectivity index (χ3v) is 12.7. The topological polar surface area (TPSA) is 3.24 Å². The van der Waals surface area contributed by atoms with Crippen LogP contribution in [-0.2, 0) is 0 Å². The van der Waals surface area contributed by atoms with Crippen molar-refractivity contribution >= 4 is 70.1 Å². The van der Waals surface area contributed by atoms with E-state index < -0.39 is 0 Å². The van der Waals surface area contributed by atoms with Gasteiger partial charge in [0, 0.05) is 26.8 Å². The molecule has 0 aliphatic rings. The van der Waals surface area contributed by atoms with Crippen molar-refractivity contribution in [3.05, 3.63) is 224 Å². The fourth-order valence-electron chi connectivity index (χ4n) is 8.66. The van der Waals surface area contributed by atoms with Crippen molar-refractivity contribution in [1.29, 1.82) is 0 Å². The molecule has 0 radical (unpaired) electrons. The number of rotatable bonds is 7. The molecule has 1 nitrogen and oxygen atoms in total. The minimum absolute atomic E-state index is 1.11. The summed E-state index contributed by atoms with van der Waals surface area (Å²) in [6, 6.07) is 81.8. The van der Waals surface area contributed by atoms with Crippen LogP contribution in [0.1, 0.15) is 0 Å². The number of fused-ring (bicyclic) bond motifs is 5. The summed E-state index contributed by atoms with van der Waals surface area (Å²) in [7, 11) is 0. The maximum absolute atomic E-state index is 2.44. The molecule has 0 unspecified atom stereocenters. The number of anilines is 3. The molecule has 0 N–H and O–H groups in total. The molecular weight excluding hydrogens is 719 g/mol. The van der Waals surface area contributed by atoms with Crippen LogP contribution in [0.3, 0.4) is 0 Å². The average molecular weight is 756 g/mol. The van der Waals surface area contributed by atoms with Gasteiger partial charge in [-0.2, -0.15) is 0 Å². The highest BCUT2D eigenvalue weighted by Gasteiger charge is 2.20. The van der Waals surface area contributed by atoms with Crippen molar-refractivity contribution in [2.45, 2.75) is 0 Å². The van der Waals surface area contributed by atoms with Crippen LogP contribution >= 0.6 is 11.3 Å². The SMILES string of the molecule is c1ccc(-c2cc(-c3ccc(N(c4ccc(-c5cccc6ccccc56)cc4)c4cccc5c4sc4c(-c6ccccc6)cccc45)cc3)cc3ccccc23)cc1. The first-order valence-corrected chi connectivity index (χ1v) is 20.7. The summed E-state index contributed by atoms with van der Waals surface area (Å²) < 4.78 is 2.58. The van der Waals surface area contributed by atoms with E-state index in [1.54, 1.807) is 0 Å². The average Bonchev–Trinajstić information content (AvgIpc) is 3.69. The van der Waals surface area contributed by atoms with E-state index in [9.17, 15) is 0 Å². The lowest BCUT2D eigenvalue weighted by Crippen LogP contribution is -2.10. The first-order valence-electron chi connectivity index (χ1n) is 19.8. The third-order valence-electron chi connectivity index (χ3n) is 11.5. The fourth-order valence-corrected chi connectivity index (χ4v) is 10.00. The molecule has 0 saturated heterocycles. The molecule has 0 saturated carbocycles. The predicted molar refractivity (Wildman–Crippen MR) is 251 cm³/mol. The Morgan fingerprint density at radius 1 is 0.276 bits per heavy atom. The van der Waals surface area contributed by atoms with E-state index in [0.717, 1.165) is 11.4 Å². The second-order valence-corrected chi connectivity index (χ2v) is 15.9. The monoisotopic (exact) mass is 755 g/mol. The second-order valence-electron chi connectivity index (χ2n) is 14.9. The first-order chi connectivity index (χ1) is 28.8. The van der Waals surface area contributed by atoms with Gasteiger partial charge >= 0.3 is 0 Å². The van der Waals surface area contributed by atoms with Crippen molar-refractivity contribution in [2.24, 2.45) is 0 Å². The molecule has 0 atom stereocenters. The van der Waals surface area contributed by atoms with Crippen LogP contribution in [0.25, 0.3) is 86.2 Å². The quantitative estimate of drug-likeness (QED) is 0.157.